The Bertz CT molecular complexity index is 736. The van der Waals surface area contributed by atoms with Gasteiger partial charge in [-0.2, -0.15) is 0 Å². The topological polar surface area (TPSA) is 74.6 Å². The highest BCUT2D eigenvalue weighted by atomic mass is 32.1. The van der Waals surface area contributed by atoms with E-state index < -0.39 is 5.91 Å². The Hall–Kier alpha value is -2.67. The molecule has 2 aromatic rings. The summed E-state index contributed by atoms with van der Waals surface area (Å²) in [5, 5.41) is 5.60. The summed E-state index contributed by atoms with van der Waals surface area (Å²) >= 11 is 5.12. The van der Waals surface area contributed by atoms with E-state index in [9.17, 15) is 9.59 Å². The fourth-order valence-electron chi connectivity index (χ4n) is 2.47. The molecule has 26 heavy (non-hydrogen) atoms. The van der Waals surface area contributed by atoms with Crippen molar-refractivity contribution in [3.8, 4) is 0 Å². The molecule has 2 N–H and O–H groups in total. The number of nitrogens with zero attached hydrogens (tertiary/aromatic N) is 1. The minimum absolute atomic E-state index is 0.0222. The Morgan fingerprint density at radius 3 is 2.27 bits per heavy atom. The van der Waals surface area contributed by atoms with E-state index in [1.54, 1.807) is 36.4 Å². The lowest BCUT2D eigenvalue weighted by Crippen LogP contribution is -2.34. The van der Waals surface area contributed by atoms with Gasteiger partial charge in [0.15, 0.2) is 10.9 Å². The van der Waals surface area contributed by atoms with Crippen molar-refractivity contribution in [2.24, 2.45) is 0 Å². The molecule has 1 heterocycles. The van der Waals surface area contributed by atoms with E-state index in [1.807, 2.05) is 4.90 Å². The Morgan fingerprint density at radius 2 is 1.73 bits per heavy atom. The van der Waals surface area contributed by atoms with Gasteiger partial charge >= 0.3 is 0 Å². The van der Waals surface area contributed by atoms with E-state index in [0.717, 1.165) is 25.9 Å². The van der Waals surface area contributed by atoms with E-state index in [2.05, 4.69) is 24.5 Å². The molecule has 0 radical (unpaired) electrons. The number of carbonyl (C=O) groups is 2. The summed E-state index contributed by atoms with van der Waals surface area (Å²) in [6.07, 6.45) is 3.27. The highest BCUT2D eigenvalue weighted by molar-refractivity contribution is 7.80. The van der Waals surface area contributed by atoms with Crippen LogP contribution in [0.1, 0.15) is 47.6 Å². The van der Waals surface area contributed by atoms with Crippen LogP contribution in [0.15, 0.2) is 47.1 Å². The van der Waals surface area contributed by atoms with Gasteiger partial charge in [0.25, 0.3) is 11.8 Å². The second-order valence-electron chi connectivity index (χ2n) is 5.76. The van der Waals surface area contributed by atoms with Gasteiger partial charge in [0.1, 0.15) is 0 Å². The van der Waals surface area contributed by atoms with Crippen LogP contribution in [-0.4, -0.2) is 34.9 Å². The Labute approximate surface area is 158 Å². The molecule has 0 aliphatic rings. The zero-order valence-electron chi connectivity index (χ0n) is 15.0. The Kier molecular flexibility index (Phi) is 7.35. The van der Waals surface area contributed by atoms with E-state index in [-0.39, 0.29) is 16.8 Å². The van der Waals surface area contributed by atoms with Crippen LogP contribution in [0.5, 0.6) is 0 Å². The largest absolute Gasteiger partial charge is 0.459 e. The quantitative estimate of drug-likeness (QED) is 0.725. The van der Waals surface area contributed by atoms with E-state index in [0.29, 0.717) is 11.3 Å². The third-order valence-electron chi connectivity index (χ3n) is 3.64. The smallest absolute Gasteiger partial charge is 0.293 e. The maximum atomic E-state index is 12.5. The molecule has 0 atom stereocenters. The molecule has 1 aromatic heterocycles. The van der Waals surface area contributed by atoms with Gasteiger partial charge < -0.3 is 14.6 Å². The molecular formula is C19H23N3O3S. The van der Waals surface area contributed by atoms with Crippen molar-refractivity contribution in [3.63, 3.8) is 0 Å². The summed E-state index contributed by atoms with van der Waals surface area (Å²) in [5.41, 5.74) is 1.31. The summed E-state index contributed by atoms with van der Waals surface area (Å²) in [6, 6.07) is 10.2. The van der Waals surface area contributed by atoms with Gasteiger partial charge in [-0.25, -0.2) is 0 Å². The van der Waals surface area contributed by atoms with Gasteiger partial charge in [-0.05, 0) is 61.5 Å². The number of rotatable bonds is 7. The number of carbonyl (C=O) groups excluding carboxylic acids is 2. The van der Waals surface area contributed by atoms with E-state index in [1.165, 1.54) is 6.26 Å². The van der Waals surface area contributed by atoms with Crippen molar-refractivity contribution in [1.82, 2.24) is 10.2 Å². The first-order valence-corrected chi connectivity index (χ1v) is 9.01. The molecule has 1 aromatic carbocycles. The third kappa shape index (κ3) is 5.42. The average Bonchev–Trinajstić information content (AvgIpc) is 3.16. The molecule has 6 nitrogen and oxygen atoms in total. The van der Waals surface area contributed by atoms with Crippen molar-refractivity contribution in [3.05, 3.63) is 54.0 Å². The summed E-state index contributed by atoms with van der Waals surface area (Å²) in [7, 11) is 0. The van der Waals surface area contributed by atoms with E-state index in [4.69, 9.17) is 16.6 Å². The maximum Gasteiger partial charge on any atom is 0.293 e. The number of thiocarbonyl (C=S) groups is 1. The number of furan rings is 1. The standard InChI is InChI=1S/C19H23N3O3S/c1-3-11-22(12-4-2)18(24)14-7-9-15(10-8-14)20-19(26)21-17(23)16-6-5-13-25-16/h5-10,13H,3-4,11-12H2,1-2H3,(H2,20,21,23,26). The van der Waals surface area contributed by atoms with Crippen LogP contribution < -0.4 is 10.6 Å². The van der Waals surface area contributed by atoms with Gasteiger partial charge in [0.2, 0.25) is 0 Å². The number of amides is 2. The third-order valence-corrected chi connectivity index (χ3v) is 3.84. The van der Waals surface area contributed by atoms with Gasteiger partial charge in [-0.1, -0.05) is 13.8 Å². The van der Waals surface area contributed by atoms with Crippen molar-refractivity contribution >= 4 is 34.8 Å². The highest BCUT2D eigenvalue weighted by Gasteiger charge is 2.14. The van der Waals surface area contributed by atoms with Gasteiger partial charge in [-0.15, -0.1) is 0 Å². The molecule has 0 saturated heterocycles. The summed E-state index contributed by atoms with van der Waals surface area (Å²) in [6.45, 7) is 5.60. The first-order valence-electron chi connectivity index (χ1n) is 8.60. The SMILES string of the molecule is CCCN(CCC)C(=O)c1ccc(NC(=S)NC(=O)c2ccco2)cc1. The number of hydrogen-bond donors (Lipinski definition) is 2. The predicted molar refractivity (Wildman–Crippen MR) is 105 cm³/mol. The number of nitrogens with one attached hydrogen (secondary N) is 2. The van der Waals surface area contributed by atoms with E-state index >= 15 is 0 Å². The first kappa shape index (κ1) is 19.7. The zero-order chi connectivity index (χ0) is 18.9. The van der Waals surface area contributed by atoms with Crippen LogP contribution in [0, 0.1) is 0 Å². The van der Waals surface area contributed by atoms with Crippen molar-refractivity contribution in [1.29, 1.82) is 0 Å². The lowest BCUT2D eigenvalue weighted by Gasteiger charge is -2.21. The molecule has 0 spiro atoms. The van der Waals surface area contributed by atoms with Crippen LogP contribution in [0.4, 0.5) is 5.69 Å². The van der Waals surface area contributed by atoms with Crippen LogP contribution >= 0.6 is 12.2 Å². The van der Waals surface area contributed by atoms with Crippen LogP contribution in [-0.2, 0) is 0 Å². The van der Waals surface area contributed by atoms with Crippen LogP contribution in [0.25, 0.3) is 0 Å². The fourth-order valence-corrected chi connectivity index (χ4v) is 2.68. The number of hydrogen-bond acceptors (Lipinski definition) is 4. The fraction of sp³-hybridized carbons (Fsp3) is 0.316. The van der Waals surface area contributed by atoms with Crippen molar-refractivity contribution in [2.75, 3.05) is 18.4 Å². The molecule has 0 aliphatic heterocycles. The molecule has 2 amide bonds. The summed E-state index contributed by atoms with van der Waals surface area (Å²) in [5.74, 6) is -0.218. The number of anilines is 1. The molecule has 0 aliphatic carbocycles. The normalized spacial score (nSPS) is 10.2. The second-order valence-corrected chi connectivity index (χ2v) is 6.16. The lowest BCUT2D eigenvalue weighted by atomic mass is 10.1. The highest BCUT2D eigenvalue weighted by Crippen LogP contribution is 2.12. The second kappa shape index (κ2) is 9.72. The summed E-state index contributed by atoms with van der Waals surface area (Å²) in [4.78, 5) is 26.3. The molecule has 7 heteroatoms. The molecular weight excluding hydrogens is 350 g/mol. The van der Waals surface area contributed by atoms with Gasteiger partial charge in [-0.3, -0.25) is 14.9 Å². The maximum absolute atomic E-state index is 12.5. The summed E-state index contributed by atoms with van der Waals surface area (Å²) < 4.78 is 5.01. The molecule has 0 fully saturated rings. The van der Waals surface area contributed by atoms with Crippen molar-refractivity contribution < 1.29 is 14.0 Å². The molecule has 0 bridgehead atoms. The van der Waals surface area contributed by atoms with Crippen LogP contribution in [0.2, 0.25) is 0 Å². The van der Waals surface area contributed by atoms with Gasteiger partial charge in [0.05, 0.1) is 6.26 Å². The van der Waals surface area contributed by atoms with Gasteiger partial charge in [0, 0.05) is 24.3 Å². The average molecular weight is 373 g/mol. The molecule has 138 valence electrons. The zero-order valence-corrected chi connectivity index (χ0v) is 15.8. The minimum Gasteiger partial charge on any atom is -0.459 e. The minimum atomic E-state index is -0.422. The van der Waals surface area contributed by atoms with Crippen molar-refractivity contribution in [2.45, 2.75) is 26.7 Å². The first-order chi connectivity index (χ1) is 12.5. The molecule has 0 unspecified atom stereocenters. The molecule has 2 rings (SSSR count). The Balaban J connectivity index is 1.95. The lowest BCUT2D eigenvalue weighted by molar-refractivity contribution is 0.0755. The Morgan fingerprint density at radius 1 is 1.08 bits per heavy atom. The monoisotopic (exact) mass is 373 g/mol. The predicted octanol–water partition coefficient (Wildman–Crippen LogP) is 3.67. The molecule has 0 saturated carbocycles. The van der Waals surface area contributed by atoms with Crippen LogP contribution in [0.3, 0.4) is 0 Å². The number of benzene rings is 1.